The summed E-state index contributed by atoms with van der Waals surface area (Å²) >= 11 is 1.63. The van der Waals surface area contributed by atoms with Gasteiger partial charge in [0.1, 0.15) is 5.82 Å². The van der Waals surface area contributed by atoms with E-state index in [9.17, 15) is 0 Å². The molecule has 0 aliphatic carbocycles. The van der Waals surface area contributed by atoms with Gasteiger partial charge in [-0.15, -0.1) is 0 Å². The van der Waals surface area contributed by atoms with E-state index in [4.69, 9.17) is 5.84 Å². The number of thiophene rings is 1. The summed E-state index contributed by atoms with van der Waals surface area (Å²) in [7, 11) is 0. The molecule has 3 N–H and O–H groups in total. The highest BCUT2D eigenvalue weighted by Crippen LogP contribution is 2.28. The summed E-state index contributed by atoms with van der Waals surface area (Å²) in [4.78, 5) is 9.02. The SMILES string of the molecule is Cc1nc(-c2ccsc2)nc(NN)c1C(C)C. The van der Waals surface area contributed by atoms with E-state index in [1.54, 1.807) is 11.3 Å². The van der Waals surface area contributed by atoms with Crippen molar-refractivity contribution in [2.75, 3.05) is 5.43 Å². The predicted molar refractivity (Wildman–Crippen MR) is 72.0 cm³/mol. The number of nitrogens with two attached hydrogens (primary N) is 1. The normalized spacial score (nSPS) is 10.9. The van der Waals surface area contributed by atoms with Crippen molar-refractivity contribution in [3.05, 3.63) is 28.1 Å². The van der Waals surface area contributed by atoms with Gasteiger partial charge in [0.25, 0.3) is 0 Å². The Labute approximate surface area is 105 Å². The molecule has 0 aliphatic rings. The lowest BCUT2D eigenvalue weighted by atomic mass is 10.0. The van der Waals surface area contributed by atoms with Gasteiger partial charge in [-0.05, 0) is 24.3 Å². The van der Waals surface area contributed by atoms with Crippen molar-refractivity contribution >= 4 is 17.2 Å². The van der Waals surface area contributed by atoms with Crippen molar-refractivity contribution in [3.8, 4) is 11.4 Å². The van der Waals surface area contributed by atoms with Gasteiger partial charge in [-0.1, -0.05) is 13.8 Å². The van der Waals surface area contributed by atoms with E-state index >= 15 is 0 Å². The second-order valence-electron chi connectivity index (χ2n) is 4.21. The lowest BCUT2D eigenvalue weighted by Gasteiger charge is -2.14. The Morgan fingerprint density at radius 1 is 1.35 bits per heavy atom. The van der Waals surface area contributed by atoms with Gasteiger partial charge < -0.3 is 5.43 Å². The zero-order chi connectivity index (χ0) is 12.4. The summed E-state index contributed by atoms with van der Waals surface area (Å²) in [6.07, 6.45) is 0. The molecule has 5 heteroatoms. The summed E-state index contributed by atoms with van der Waals surface area (Å²) < 4.78 is 0. The van der Waals surface area contributed by atoms with Gasteiger partial charge in [-0.3, -0.25) is 0 Å². The van der Waals surface area contributed by atoms with Crippen LogP contribution < -0.4 is 11.3 Å². The van der Waals surface area contributed by atoms with Gasteiger partial charge >= 0.3 is 0 Å². The van der Waals surface area contributed by atoms with Crippen LogP contribution in [-0.2, 0) is 0 Å². The number of nitrogens with zero attached hydrogens (tertiary/aromatic N) is 2. The molecule has 90 valence electrons. The highest BCUT2D eigenvalue weighted by molar-refractivity contribution is 7.08. The fraction of sp³-hybridized carbons (Fsp3) is 0.333. The van der Waals surface area contributed by atoms with Crippen LogP contribution in [0.25, 0.3) is 11.4 Å². The molecular formula is C12H16N4S. The highest BCUT2D eigenvalue weighted by atomic mass is 32.1. The van der Waals surface area contributed by atoms with E-state index in [0.29, 0.717) is 11.7 Å². The van der Waals surface area contributed by atoms with E-state index < -0.39 is 0 Å². The minimum absolute atomic E-state index is 0.345. The molecule has 0 fully saturated rings. The van der Waals surface area contributed by atoms with Crippen LogP contribution >= 0.6 is 11.3 Å². The minimum atomic E-state index is 0.345. The lowest BCUT2D eigenvalue weighted by molar-refractivity contribution is 0.832. The van der Waals surface area contributed by atoms with Crippen molar-refractivity contribution in [2.24, 2.45) is 5.84 Å². The first-order chi connectivity index (χ1) is 8.13. The van der Waals surface area contributed by atoms with Crippen molar-refractivity contribution in [3.63, 3.8) is 0 Å². The van der Waals surface area contributed by atoms with Crippen molar-refractivity contribution < 1.29 is 0 Å². The van der Waals surface area contributed by atoms with E-state index in [0.717, 1.165) is 22.6 Å². The van der Waals surface area contributed by atoms with Crippen LogP contribution in [0.3, 0.4) is 0 Å². The molecule has 4 nitrogen and oxygen atoms in total. The van der Waals surface area contributed by atoms with E-state index in [1.165, 1.54) is 0 Å². The first-order valence-corrected chi connectivity index (χ1v) is 6.45. The van der Waals surface area contributed by atoms with Crippen LogP contribution in [0.4, 0.5) is 5.82 Å². The summed E-state index contributed by atoms with van der Waals surface area (Å²) in [6, 6.07) is 2.01. The van der Waals surface area contributed by atoms with E-state index in [2.05, 4.69) is 29.2 Å². The van der Waals surface area contributed by atoms with Gasteiger partial charge in [0.15, 0.2) is 5.82 Å². The average molecular weight is 248 g/mol. The zero-order valence-electron chi connectivity index (χ0n) is 10.2. The number of hydrazine groups is 1. The number of rotatable bonds is 3. The second kappa shape index (κ2) is 4.81. The molecule has 0 saturated heterocycles. The van der Waals surface area contributed by atoms with Gasteiger partial charge in [0.05, 0.1) is 0 Å². The van der Waals surface area contributed by atoms with E-state index in [1.807, 2.05) is 23.8 Å². The predicted octanol–water partition coefficient (Wildman–Crippen LogP) is 2.92. The minimum Gasteiger partial charge on any atom is -0.308 e. The molecule has 17 heavy (non-hydrogen) atoms. The van der Waals surface area contributed by atoms with Gasteiger partial charge in [0.2, 0.25) is 0 Å². The number of aromatic nitrogens is 2. The molecule has 0 bridgehead atoms. The summed E-state index contributed by atoms with van der Waals surface area (Å²) in [6.45, 7) is 6.21. The number of hydrogen-bond donors (Lipinski definition) is 2. The fourth-order valence-electron chi connectivity index (χ4n) is 1.90. The maximum absolute atomic E-state index is 5.54. The molecule has 0 unspecified atom stereocenters. The Morgan fingerprint density at radius 3 is 2.65 bits per heavy atom. The van der Waals surface area contributed by atoms with Crippen molar-refractivity contribution in [1.29, 1.82) is 0 Å². The van der Waals surface area contributed by atoms with Crippen LogP contribution in [0.5, 0.6) is 0 Å². The highest BCUT2D eigenvalue weighted by Gasteiger charge is 2.14. The zero-order valence-corrected chi connectivity index (χ0v) is 11.0. The fourth-order valence-corrected chi connectivity index (χ4v) is 2.54. The molecule has 2 aromatic heterocycles. The molecule has 0 aliphatic heterocycles. The van der Waals surface area contributed by atoms with Crippen molar-refractivity contribution in [2.45, 2.75) is 26.7 Å². The monoisotopic (exact) mass is 248 g/mol. The summed E-state index contributed by atoms with van der Waals surface area (Å²) in [5.41, 5.74) is 5.76. The standard InChI is InChI=1S/C12H16N4S/c1-7(2)10-8(3)14-11(15-12(10)16-13)9-4-5-17-6-9/h4-7H,13H2,1-3H3,(H,14,15,16). The quantitative estimate of drug-likeness (QED) is 0.647. The third kappa shape index (κ3) is 2.30. The Hall–Kier alpha value is -1.46. The summed E-state index contributed by atoms with van der Waals surface area (Å²) in [5.74, 6) is 7.33. The molecule has 2 heterocycles. The second-order valence-corrected chi connectivity index (χ2v) is 4.99. The van der Waals surface area contributed by atoms with Crippen LogP contribution in [-0.4, -0.2) is 9.97 Å². The Bertz CT molecular complexity index is 505. The molecule has 2 rings (SSSR count). The molecule has 0 saturated carbocycles. The molecule has 2 aromatic rings. The molecule has 0 radical (unpaired) electrons. The maximum Gasteiger partial charge on any atom is 0.162 e. The first kappa shape index (κ1) is 12.0. The van der Waals surface area contributed by atoms with Crippen molar-refractivity contribution in [1.82, 2.24) is 9.97 Å². The summed E-state index contributed by atoms with van der Waals surface area (Å²) in [5, 5.41) is 4.05. The topological polar surface area (TPSA) is 63.8 Å². The number of hydrogen-bond acceptors (Lipinski definition) is 5. The van der Waals surface area contributed by atoms with Crippen LogP contribution in [0.15, 0.2) is 16.8 Å². The largest absolute Gasteiger partial charge is 0.308 e. The lowest BCUT2D eigenvalue weighted by Crippen LogP contribution is -2.14. The van der Waals surface area contributed by atoms with Crippen LogP contribution in [0, 0.1) is 6.92 Å². The first-order valence-electron chi connectivity index (χ1n) is 5.51. The number of anilines is 1. The van der Waals surface area contributed by atoms with E-state index in [-0.39, 0.29) is 0 Å². The molecule has 0 spiro atoms. The Morgan fingerprint density at radius 2 is 2.12 bits per heavy atom. The molecular weight excluding hydrogens is 232 g/mol. The smallest absolute Gasteiger partial charge is 0.162 e. The van der Waals surface area contributed by atoms with Gasteiger partial charge in [-0.25, -0.2) is 15.8 Å². The van der Waals surface area contributed by atoms with Crippen LogP contribution in [0.2, 0.25) is 0 Å². The molecule has 0 atom stereocenters. The van der Waals surface area contributed by atoms with Gasteiger partial charge in [0, 0.05) is 22.2 Å². The number of nitrogens with one attached hydrogen (secondary N) is 1. The molecule has 0 amide bonds. The Kier molecular flexibility index (Phi) is 3.40. The third-order valence-corrected chi connectivity index (χ3v) is 3.31. The number of aryl methyl sites for hydroxylation is 1. The van der Waals surface area contributed by atoms with Gasteiger partial charge in [-0.2, -0.15) is 11.3 Å². The van der Waals surface area contributed by atoms with Crippen LogP contribution in [0.1, 0.15) is 31.0 Å². The maximum atomic E-state index is 5.54. The average Bonchev–Trinajstić information content (AvgIpc) is 2.80. The third-order valence-electron chi connectivity index (χ3n) is 2.63. The number of nitrogen functional groups attached to an aromatic ring is 1. The Balaban J connectivity index is 2.56. The molecule has 0 aromatic carbocycles.